The molecule has 1 spiro atoms. The Morgan fingerprint density at radius 2 is 2.22 bits per heavy atom. The smallest absolute Gasteiger partial charge is 0.146 e. The topological polar surface area (TPSA) is 52.9 Å². The minimum absolute atomic E-state index is 0.128. The summed E-state index contributed by atoms with van der Waals surface area (Å²) in [5.41, 5.74) is 1.96. The third-order valence-electron chi connectivity index (χ3n) is 7.25. The Labute approximate surface area is 137 Å². The first kappa shape index (κ1) is 14.3. The summed E-state index contributed by atoms with van der Waals surface area (Å²) in [6, 6.07) is 0.485. The van der Waals surface area contributed by atoms with E-state index < -0.39 is 11.7 Å². The van der Waals surface area contributed by atoms with Crippen LogP contribution in [0.4, 0.5) is 0 Å². The zero-order valence-corrected chi connectivity index (χ0v) is 13.8. The van der Waals surface area contributed by atoms with Gasteiger partial charge in [0.1, 0.15) is 11.4 Å². The van der Waals surface area contributed by atoms with Crippen LogP contribution in [0.1, 0.15) is 32.6 Å². The standard InChI is InChI=1S/C19H25NO3/c1-3-19-15(22)7-4-11-10-13-12-5-6-14(21)17(23-19)18(12,16(11)19)8-9-20(13)2/h5-7,12-14,17,21-22H,3-4,8-10H2,1-2H3/t12-,13+,14-,17-,18-,19?/m0/s1. The first-order valence-corrected chi connectivity index (χ1v) is 8.91. The number of aliphatic hydroxyl groups is 2. The van der Waals surface area contributed by atoms with E-state index in [1.165, 1.54) is 11.1 Å². The molecule has 4 nitrogen and oxygen atoms in total. The molecule has 0 aromatic rings. The fourth-order valence-electron chi connectivity index (χ4n) is 6.29. The molecule has 6 atom stereocenters. The van der Waals surface area contributed by atoms with Crippen molar-refractivity contribution in [3.05, 3.63) is 35.1 Å². The monoisotopic (exact) mass is 315 g/mol. The lowest BCUT2D eigenvalue weighted by Crippen LogP contribution is -2.61. The summed E-state index contributed by atoms with van der Waals surface area (Å²) in [4.78, 5) is 2.48. The lowest BCUT2D eigenvalue weighted by Gasteiger charge is -2.58. The van der Waals surface area contributed by atoms with Crippen molar-refractivity contribution in [1.29, 1.82) is 0 Å². The van der Waals surface area contributed by atoms with Gasteiger partial charge in [0.05, 0.1) is 12.2 Å². The number of nitrogens with zero attached hydrogens (tertiary/aromatic N) is 1. The quantitative estimate of drug-likeness (QED) is 0.729. The van der Waals surface area contributed by atoms with Gasteiger partial charge in [0.15, 0.2) is 0 Å². The molecule has 1 unspecified atom stereocenters. The van der Waals surface area contributed by atoms with Crippen LogP contribution in [-0.4, -0.2) is 52.6 Å². The molecule has 0 amide bonds. The number of aliphatic hydroxyl groups excluding tert-OH is 2. The minimum atomic E-state index is -0.690. The van der Waals surface area contributed by atoms with Gasteiger partial charge < -0.3 is 19.8 Å². The molecule has 0 saturated carbocycles. The van der Waals surface area contributed by atoms with Crippen LogP contribution in [0.5, 0.6) is 0 Å². The Hall–Kier alpha value is -1.10. The zero-order valence-electron chi connectivity index (χ0n) is 13.8. The van der Waals surface area contributed by atoms with Gasteiger partial charge in [-0.05, 0) is 50.9 Å². The zero-order chi connectivity index (χ0) is 16.0. The van der Waals surface area contributed by atoms with E-state index in [9.17, 15) is 10.2 Å². The fraction of sp³-hybridized carbons (Fsp3) is 0.684. The van der Waals surface area contributed by atoms with E-state index >= 15 is 0 Å². The predicted molar refractivity (Wildman–Crippen MR) is 87.0 cm³/mol. The largest absolute Gasteiger partial charge is 0.509 e. The van der Waals surface area contributed by atoms with Crippen LogP contribution in [0.25, 0.3) is 0 Å². The van der Waals surface area contributed by atoms with E-state index in [-0.39, 0.29) is 11.5 Å². The van der Waals surface area contributed by atoms with Crippen LogP contribution >= 0.6 is 0 Å². The Kier molecular flexibility index (Phi) is 2.66. The van der Waals surface area contributed by atoms with Crippen LogP contribution in [0.15, 0.2) is 35.1 Å². The van der Waals surface area contributed by atoms with Gasteiger partial charge in [-0.25, -0.2) is 0 Å². The summed E-state index contributed by atoms with van der Waals surface area (Å²) in [6.45, 7) is 3.12. The van der Waals surface area contributed by atoms with E-state index in [4.69, 9.17) is 4.74 Å². The summed E-state index contributed by atoms with van der Waals surface area (Å²) in [6.07, 6.45) is 8.90. The number of rotatable bonds is 1. The highest BCUT2D eigenvalue weighted by Crippen LogP contribution is 2.68. The van der Waals surface area contributed by atoms with Crippen LogP contribution in [0.2, 0.25) is 0 Å². The van der Waals surface area contributed by atoms with Gasteiger partial charge in [-0.3, -0.25) is 0 Å². The summed E-state index contributed by atoms with van der Waals surface area (Å²) >= 11 is 0. The van der Waals surface area contributed by atoms with Crippen LogP contribution < -0.4 is 0 Å². The lowest BCUT2D eigenvalue weighted by atomic mass is 9.50. The van der Waals surface area contributed by atoms with Crippen LogP contribution in [0, 0.1) is 11.3 Å². The van der Waals surface area contributed by atoms with Crippen LogP contribution in [0.3, 0.4) is 0 Å². The van der Waals surface area contributed by atoms with E-state index in [0.29, 0.717) is 17.7 Å². The second-order valence-electron chi connectivity index (χ2n) is 7.93. The third-order valence-corrected chi connectivity index (χ3v) is 7.25. The highest BCUT2D eigenvalue weighted by atomic mass is 16.5. The molecule has 2 heterocycles. The Bertz CT molecular complexity index is 666. The van der Waals surface area contributed by atoms with Crippen molar-refractivity contribution < 1.29 is 14.9 Å². The van der Waals surface area contributed by atoms with E-state index in [1.54, 1.807) is 0 Å². The molecule has 2 saturated heterocycles. The van der Waals surface area contributed by atoms with Crippen molar-refractivity contribution in [2.75, 3.05) is 13.6 Å². The molecule has 124 valence electrons. The maximum atomic E-state index is 10.7. The van der Waals surface area contributed by atoms with Crippen molar-refractivity contribution in [1.82, 2.24) is 4.90 Å². The molecule has 2 aliphatic heterocycles. The fourth-order valence-corrected chi connectivity index (χ4v) is 6.29. The first-order chi connectivity index (χ1) is 11.0. The highest BCUT2D eigenvalue weighted by molar-refractivity contribution is 5.52. The summed E-state index contributed by atoms with van der Waals surface area (Å²) in [5, 5.41) is 21.4. The molecule has 5 rings (SSSR count). The third kappa shape index (κ3) is 1.40. The van der Waals surface area contributed by atoms with Gasteiger partial charge in [0.2, 0.25) is 0 Å². The minimum Gasteiger partial charge on any atom is -0.509 e. The van der Waals surface area contributed by atoms with Gasteiger partial charge in [0.25, 0.3) is 0 Å². The number of piperidine rings is 1. The summed E-state index contributed by atoms with van der Waals surface area (Å²) in [5.74, 6) is 0.749. The van der Waals surface area contributed by atoms with E-state index in [2.05, 4.69) is 24.9 Å². The average molecular weight is 315 g/mol. The maximum Gasteiger partial charge on any atom is 0.146 e. The summed E-state index contributed by atoms with van der Waals surface area (Å²) in [7, 11) is 2.22. The molecule has 4 heteroatoms. The SMILES string of the molecule is CCC12O[C@H]3[C@@H](O)C=C[C@H]4[C@H]5CC(=C1[C@]43CCN5C)CC=C2O. The molecule has 2 bridgehead atoms. The first-order valence-electron chi connectivity index (χ1n) is 8.91. The van der Waals surface area contributed by atoms with Gasteiger partial charge in [-0.2, -0.15) is 0 Å². The van der Waals surface area contributed by atoms with E-state index in [1.807, 2.05) is 12.2 Å². The summed E-state index contributed by atoms with van der Waals surface area (Å²) < 4.78 is 6.53. The maximum absolute atomic E-state index is 10.7. The molecule has 2 fully saturated rings. The van der Waals surface area contributed by atoms with Crippen molar-refractivity contribution in [2.24, 2.45) is 11.3 Å². The van der Waals surface area contributed by atoms with Crippen molar-refractivity contribution in [3.8, 4) is 0 Å². The number of hydrogen-bond donors (Lipinski definition) is 2. The average Bonchev–Trinajstić information content (AvgIpc) is 2.87. The molecule has 23 heavy (non-hydrogen) atoms. The number of ether oxygens (including phenoxy) is 1. The molecular formula is C19H25NO3. The molecule has 0 radical (unpaired) electrons. The lowest BCUT2D eigenvalue weighted by molar-refractivity contribution is -0.119. The molecule has 2 N–H and O–H groups in total. The predicted octanol–water partition coefficient (Wildman–Crippen LogP) is 2.32. The molecule has 0 aromatic heterocycles. The van der Waals surface area contributed by atoms with Crippen molar-refractivity contribution in [3.63, 3.8) is 0 Å². The van der Waals surface area contributed by atoms with Gasteiger partial charge in [-0.1, -0.05) is 24.6 Å². The van der Waals surface area contributed by atoms with Gasteiger partial charge in [-0.15, -0.1) is 0 Å². The molecule has 3 aliphatic carbocycles. The number of hydrogen-bond acceptors (Lipinski definition) is 4. The Balaban J connectivity index is 1.80. The second-order valence-corrected chi connectivity index (χ2v) is 7.93. The normalized spacial score (nSPS) is 50.8. The molecule has 5 aliphatic rings. The number of likely N-dealkylation sites (tertiary alicyclic amines) is 1. The Morgan fingerprint density at radius 1 is 1.39 bits per heavy atom. The van der Waals surface area contributed by atoms with Gasteiger partial charge in [0, 0.05) is 17.4 Å². The van der Waals surface area contributed by atoms with Gasteiger partial charge >= 0.3 is 0 Å². The number of allylic oxidation sites excluding steroid dienone is 1. The highest BCUT2D eigenvalue weighted by Gasteiger charge is 2.70. The van der Waals surface area contributed by atoms with E-state index in [0.717, 1.165) is 32.2 Å². The van der Waals surface area contributed by atoms with Crippen LogP contribution in [-0.2, 0) is 4.74 Å². The molecular weight excluding hydrogens is 290 g/mol. The molecule has 0 aromatic carbocycles. The second kappa shape index (κ2) is 4.29. The van der Waals surface area contributed by atoms with Crippen molar-refractivity contribution in [2.45, 2.75) is 56.5 Å². The van der Waals surface area contributed by atoms with Crippen molar-refractivity contribution >= 4 is 0 Å². The Morgan fingerprint density at radius 3 is 3.00 bits per heavy atom.